The first-order chi connectivity index (χ1) is 12.1. The molecule has 136 valence electrons. The molecule has 0 saturated carbocycles. The number of carbonyl (C=O) groups excluding carboxylic acids is 1. The molecule has 0 unspecified atom stereocenters. The van der Waals surface area contributed by atoms with Crippen molar-refractivity contribution in [1.29, 1.82) is 0 Å². The van der Waals surface area contributed by atoms with Crippen LogP contribution >= 0.6 is 0 Å². The Morgan fingerprint density at radius 2 is 2.00 bits per heavy atom. The number of rotatable bonds is 1. The molecule has 5 nitrogen and oxygen atoms in total. The van der Waals surface area contributed by atoms with Gasteiger partial charge in [-0.15, -0.1) is 0 Å². The Hall–Kier alpha value is -1.59. The number of para-hydroxylation sites is 1. The largest absolute Gasteiger partial charge is 0.346 e. The van der Waals surface area contributed by atoms with E-state index in [4.69, 9.17) is 9.47 Å². The summed E-state index contributed by atoms with van der Waals surface area (Å²) in [5.41, 5.74) is 2.35. The molecule has 25 heavy (non-hydrogen) atoms. The van der Waals surface area contributed by atoms with E-state index < -0.39 is 5.79 Å². The summed E-state index contributed by atoms with van der Waals surface area (Å²) >= 11 is 0. The number of hydrogen-bond donors (Lipinski definition) is 0. The van der Waals surface area contributed by atoms with E-state index in [1.165, 1.54) is 5.56 Å². The molecule has 3 heterocycles. The van der Waals surface area contributed by atoms with Crippen LogP contribution in [0.2, 0.25) is 0 Å². The van der Waals surface area contributed by atoms with Crippen molar-refractivity contribution in [3.63, 3.8) is 0 Å². The minimum absolute atomic E-state index is 0.101. The number of ether oxygens (including phenoxy) is 2. The molecule has 2 amide bonds. The van der Waals surface area contributed by atoms with Gasteiger partial charge in [-0.3, -0.25) is 4.90 Å². The summed E-state index contributed by atoms with van der Waals surface area (Å²) in [6.07, 6.45) is 3.86. The molecule has 0 aliphatic carbocycles. The monoisotopic (exact) mass is 344 g/mol. The zero-order chi connectivity index (χ0) is 17.4. The summed E-state index contributed by atoms with van der Waals surface area (Å²) in [6.45, 7) is 6.98. The fraction of sp³-hybridized carbons (Fsp3) is 0.650. The minimum atomic E-state index is -0.573. The van der Waals surface area contributed by atoms with E-state index >= 15 is 0 Å². The molecule has 4 rings (SSSR count). The molecule has 3 aliphatic rings. The smallest absolute Gasteiger partial charge is 0.324 e. The summed E-state index contributed by atoms with van der Waals surface area (Å²) in [4.78, 5) is 17.5. The first-order valence-corrected chi connectivity index (χ1v) is 9.54. The van der Waals surface area contributed by atoms with E-state index in [1.54, 1.807) is 0 Å². The molecular weight excluding hydrogens is 316 g/mol. The highest BCUT2D eigenvalue weighted by molar-refractivity contribution is 5.94. The maximum atomic E-state index is 13.5. The van der Waals surface area contributed by atoms with Crippen molar-refractivity contribution in [2.24, 2.45) is 5.92 Å². The van der Waals surface area contributed by atoms with Gasteiger partial charge in [0.15, 0.2) is 5.79 Å². The van der Waals surface area contributed by atoms with E-state index in [0.29, 0.717) is 25.7 Å². The van der Waals surface area contributed by atoms with Crippen LogP contribution in [-0.4, -0.2) is 49.1 Å². The first-order valence-electron chi connectivity index (χ1n) is 9.54. The summed E-state index contributed by atoms with van der Waals surface area (Å²) in [6, 6.07) is 8.67. The van der Waals surface area contributed by atoms with E-state index in [0.717, 1.165) is 37.9 Å². The van der Waals surface area contributed by atoms with Gasteiger partial charge >= 0.3 is 6.03 Å². The van der Waals surface area contributed by atoms with Gasteiger partial charge in [0, 0.05) is 24.7 Å². The van der Waals surface area contributed by atoms with Gasteiger partial charge in [0.25, 0.3) is 0 Å². The fourth-order valence-electron chi connectivity index (χ4n) is 4.48. The highest BCUT2D eigenvalue weighted by atomic mass is 16.7. The Kier molecular flexibility index (Phi) is 4.46. The quantitative estimate of drug-likeness (QED) is 0.784. The molecule has 5 heteroatoms. The molecular formula is C20H28N2O3. The van der Waals surface area contributed by atoms with Crippen molar-refractivity contribution in [3.8, 4) is 0 Å². The maximum absolute atomic E-state index is 13.5. The van der Waals surface area contributed by atoms with Gasteiger partial charge < -0.3 is 14.4 Å². The number of nitrogens with zero attached hydrogens (tertiary/aromatic N) is 2. The maximum Gasteiger partial charge on any atom is 0.324 e. The molecule has 3 aliphatic heterocycles. The number of amides is 2. The Balaban J connectivity index is 1.62. The number of anilines is 1. The van der Waals surface area contributed by atoms with Crippen LogP contribution in [0.3, 0.4) is 0 Å². The van der Waals surface area contributed by atoms with Gasteiger partial charge in [0.1, 0.15) is 0 Å². The Morgan fingerprint density at radius 1 is 1.24 bits per heavy atom. The van der Waals surface area contributed by atoms with Gasteiger partial charge in [0.05, 0.1) is 19.8 Å². The van der Waals surface area contributed by atoms with Crippen LogP contribution < -0.4 is 4.90 Å². The number of likely N-dealkylation sites (tertiary alicyclic amines) is 1. The normalized spacial score (nSPS) is 25.5. The SMILES string of the molecule is CC(C)[C@H]1CCc2ccccc2N1C(=O)N1CCCC2(C1)OCCO2. The molecule has 1 aromatic rings. The van der Waals surface area contributed by atoms with Crippen molar-refractivity contribution >= 4 is 11.7 Å². The van der Waals surface area contributed by atoms with E-state index in [-0.39, 0.29) is 12.1 Å². The van der Waals surface area contributed by atoms with Crippen molar-refractivity contribution < 1.29 is 14.3 Å². The summed E-state index contributed by atoms with van der Waals surface area (Å²) in [7, 11) is 0. The lowest BCUT2D eigenvalue weighted by molar-refractivity contribution is -0.182. The predicted octanol–water partition coefficient (Wildman–Crippen LogP) is 3.42. The van der Waals surface area contributed by atoms with E-state index in [9.17, 15) is 4.79 Å². The number of carbonyl (C=O) groups is 1. The van der Waals surface area contributed by atoms with Crippen LogP contribution in [0.5, 0.6) is 0 Å². The van der Waals surface area contributed by atoms with Crippen molar-refractivity contribution in [3.05, 3.63) is 29.8 Å². The second kappa shape index (κ2) is 6.61. The van der Waals surface area contributed by atoms with Gasteiger partial charge in [-0.2, -0.15) is 0 Å². The number of hydrogen-bond acceptors (Lipinski definition) is 3. The number of aryl methyl sites for hydroxylation is 1. The molecule has 1 aromatic carbocycles. The van der Waals surface area contributed by atoms with Crippen LogP contribution in [-0.2, 0) is 15.9 Å². The molecule has 2 fully saturated rings. The van der Waals surface area contributed by atoms with Gasteiger partial charge in [0.2, 0.25) is 0 Å². The number of benzene rings is 1. The number of piperidine rings is 1. The molecule has 0 aromatic heterocycles. The first kappa shape index (κ1) is 16.9. The highest BCUT2D eigenvalue weighted by Gasteiger charge is 2.44. The molecule has 0 N–H and O–H groups in total. The molecule has 0 radical (unpaired) electrons. The third-order valence-electron chi connectivity index (χ3n) is 5.77. The zero-order valence-corrected chi connectivity index (χ0v) is 15.2. The van der Waals surface area contributed by atoms with Crippen LogP contribution in [0.25, 0.3) is 0 Å². The molecule has 0 bridgehead atoms. The highest BCUT2D eigenvalue weighted by Crippen LogP contribution is 2.36. The third kappa shape index (κ3) is 3.04. The summed E-state index contributed by atoms with van der Waals surface area (Å²) < 4.78 is 11.7. The van der Waals surface area contributed by atoms with Crippen molar-refractivity contribution in [1.82, 2.24) is 4.90 Å². The topological polar surface area (TPSA) is 42.0 Å². The standard InChI is InChI=1S/C20H28N2O3/c1-15(2)17-9-8-16-6-3-4-7-18(16)22(17)19(23)21-11-5-10-20(14-21)24-12-13-25-20/h3-4,6-7,15,17H,5,8-14H2,1-2H3/t17-/m1/s1. The molecule has 1 spiro atoms. The third-order valence-corrected chi connectivity index (χ3v) is 5.77. The number of fused-ring (bicyclic) bond motifs is 1. The van der Waals surface area contributed by atoms with E-state index in [2.05, 4.69) is 32.0 Å². The molecule has 2 saturated heterocycles. The summed E-state index contributed by atoms with van der Waals surface area (Å²) in [5, 5.41) is 0. The minimum Gasteiger partial charge on any atom is -0.346 e. The second-order valence-electron chi connectivity index (χ2n) is 7.76. The van der Waals surface area contributed by atoms with Gasteiger partial charge in [-0.1, -0.05) is 32.0 Å². The lowest BCUT2D eigenvalue weighted by atomic mass is 9.89. The van der Waals surface area contributed by atoms with E-state index in [1.807, 2.05) is 15.9 Å². The average Bonchev–Trinajstić information content (AvgIpc) is 3.07. The lowest BCUT2D eigenvalue weighted by Gasteiger charge is -2.45. The van der Waals surface area contributed by atoms with Gasteiger partial charge in [-0.05, 0) is 36.8 Å². The Bertz CT molecular complexity index is 640. The van der Waals surface area contributed by atoms with Crippen LogP contribution in [0.4, 0.5) is 10.5 Å². The number of urea groups is 1. The average molecular weight is 344 g/mol. The zero-order valence-electron chi connectivity index (χ0n) is 15.2. The predicted molar refractivity (Wildman–Crippen MR) is 96.7 cm³/mol. The van der Waals surface area contributed by atoms with Crippen molar-refractivity contribution in [2.45, 2.75) is 51.4 Å². The van der Waals surface area contributed by atoms with Crippen molar-refractivity contribution in [2.75, 3.05) is 31.2 Å². The summed E-state index contributed by atoms with van der Waals surface area (Å²) in [5.74, 6) is -0.147. The fourth-order valence-corrected chi connectivity index (χ4v) is 4.48. The van der Waals surface area contributed by atoms with Crippen LogP contribution in [0.15, 0.2) is 24.3 Å². The van der Waals surface area contributed by atoms with Crippen LogP contribution in [0, 0.1) is 5.92 Å². The molecule has 1 atom stereocenters. The second-order valence-corrected chi connectivity index (χ2v) is 7.76. The van der Waals surface area contributed by atoms with Gasteiger partial charge in [-0.25, -0.2) is 4.79 Å². The van der Waals surface area contributed by atoms with Crippen LogP contribution in [0.1, 0.15) is 38.7 Å². The Labute approximate surface area is 149 Å². The Morgan fingerprint density at radius 3 is 2.76 bits per heavy atom. The lowest BCUT2D eigenvalue weighted by Crippen LogP contribution is -2.58.